The van der Waals surface area contributed by atoms with Gasteiger partial charge in [0.05, 0.1) is 0 Å². The van der Waals surface area contributed by atoms with Gasteiger partial charge in [-0.25, -0.2) is 19.4 Å². The van der Waals surface area contributed by atoms with Crippen LogP contribution in [0.4, 0.5) is 15.3 Å². The van der Waals surface area contributed by atoms with E-state index >= 15 is 0 Å². The summed E-state index contributed by atoms with van der Waals surface area (Å²) in [7, 11) is -2.06. The lowest BCUT2D eigenvalue weighted by Crippen LogP contribution is -2.26. The molecule has 2 amide bonds. The molecule has 7 nitrogen and oxygen atoms in total. The van der Waals surface area contributed by atoms with Gasteiger partial charge in [0.1, 0.15) is 5.69 Å². The second-order valence-corrected chi connectivity index (χ2v) is 4.32. The molecule has 0 aromatic heterocycles. The van der Waals surface area contributed by atoms with E-state index in [1.54, 1.807) is 24.3 Å². The fourth-order valence-electron chi connectivity index (χ4n) is 1.26. The van der Waals surface area contributed by atoms with Gasteiger partial charge in [-0.15, -0.1) is 0 Å². The normalized spacial score (nSPS) is 14.8. The minimum absolute atomic E-state index is 0.414. The maximum absolute atomic E-state index is 11.7. The van der Waals surface area contributed by atoms with Crippen molar-refractivity contribution in [2.24, 2.45) is 5.73 Å². The van der Waals surface area contributed by atoms with Crippen molar-refractivity contribution in [3.8, 4) is 0 Å². The second kappa shape index (κ2) is 3.79. The zero-order chi connectivity index (χ0) is 11.7. The highest BCUT2D eigenvalue weighted by atomic mass is 31.1. The van der Waals surface area contributed by atoms with Crippen molar-refractivity contribution in [2.75, 3.05) is 4.67 Å². The fourth-order valence-corrected chi connectivity index (χ4v) is 2.46. The van der Waals surface area contributed by atoms with E-state index in [1.165, 1.54) is 0 Å². The van der Waals surface area contributed by atoms with Crippen molar-refractivity contribution in [3.05, 3.63) is 24.3 Å². The van der Waals surface area contributed by atoms with Crippen LogP contribution in [0.5, 0.6) is 0 Å². The minimum Gasteiger partial charge on any atom is -0.332 e. The summed E-state index contributed by atoms with van der Waals surface area (Å²) in [6, 6.07) is 6.42. The molecule has 1 aromatic rings. The van der Waals surface area contributed by atoms with Crippen molar-refractivity contribution >= 4 is 31.1 Å². The Morgan fingerprint density at radius 3 is 2.69 bits per heavy atom. The number of primary amides is 1. The Morgan fingerprint density at radius 1 is 1.31 bits per heavy atom. The summed E-state index contributed by atoms with van der Waals surface area (Å²) in [5.74, 6) is 0. The molecule has 1 unspecified atom stereocenters. The lowest BCUT2D eigenvalue weighted by Gasteiger charge is -2.03. The number of anilines is 1. The molecule has 0 saturated heterocycles. The largest absolute Gasteiger partial charge is 0.512 e. The number of benzene rings is 1. The summed E-state index contributed by atoms with van der Waals surface area (Å²) in [6.07, 6.45) is -2.31. The van der Waals surface area contributed by atoms with Gasteiger partial charge in [-0.2, -0.15) is 0 Å². The van der Waals surface area contributed by atoms with Crippen molar-refractivity contribution in [2.45, 2.75) is 0 Å². The number of hydrogen-bond donors (Lipinski definition) is 1. The SMILES string of the molecule is NC(=O)OOC(=O)N1c2cccc(c2)[P+]1=O. The van der Waals surface area contributed by atoms with E-state index in [-0.39, 0.29) is 0 Å². The molecule has 82 valence electrons. The molecule has 0 fully saturated rings. The Balaban J connectivity index is 2.14. The average Bonchev–Trinajstić information content (AvgIpc) is 2.47. The Labute approximate surface area is 90.5 Å². The number of nitrogens with two attached hydrogens (primary N) is 1. The summed E-state index contributed by atoms with van der Waals surface area (Å²) in [6.45, 7) is 0. The Kier molecular flexibility index (Phi) is 2.46. The van der Waals surface area contributed by atoms with Gasteiger partial charge in [-0.3, -0.25) is 0 Å². The number of fused-ring (bicyclic) bond motifs is 2. The predicted molar refractivity (Wildman–Crippen MR) is 53.3 cm³/mol. The third-order valence-electron chi connectivity index (χ3n) is 1.84. The molecule has 2 N–H and O–H groups in total. The van der Waals surface area contributed by atoms with Crippen LogP contribution in [0.25, 0.3) is 0 Å². The molecule has 1 aliphatic rings. The Hall–Kier alpha value is -2.14. The predicted octanol–water partition coefficient (Wildman–Crippen LogP) is 1.02. The van der Waals surface area contributed by atoms with E-state index < -0.39 is 20.1 Å². The number of carbonyl (C=O) groups excluding carboxylic acids is 2. The molecule has 2 bridgehead atoms. The zero-order valence-corrected chi connectivity index (χ0v) is 8.72. The molecular formula is C8H6N2O5P+. The van der Waals surface area contributed by atoms with Crippen LogP contribution < -0.4 is 15.7 Å². The van der Waals surface area contributed by atoms with Crippen LogP contribution >= 0.6 is 7.95 Å². The lowest BCUT2D eigenvalue weighted by atomic mass is 10.3. The first-order valence-corrected chi connectivity index (χ1v) is 5.36. The highest BCUT2D eigenvalue weighted by Crippen LogP contribution is 2.39. The standard InChI is InChI=1S/C8H5N2O5P/c9-7(11)14-15-8(12)10-5-2-1-3-6(4-5)16(10)13/h1-4H,(H-,9,11)/p+1. The molecule has 0 saturated carbocycles. The monoisotopic (exact) mass is 241 g/mol. The van der Waals surface area contributed by atoms with E-state index in [9.17, 15) is 14.2 Å². The van der Waals surface area contributed by atoms with Gasteiger partial charge in [0, 0.05) is 6.07 Å². The van der Waals surface area contributed by atoms with E-state index in [4.69, 9.17) is 0 Å². The molecule has 1 heterocycles. The van der Waals surface area contributed by atoms with Crippen LogP contribution in [0.15, 0.2) is 24.3 Å². The molecule has 2 rings (SSSR count). The molecule has 8 heteroatoms. The maximum atomic E-state index is 11.7. The number of rotatable bonds is 0. The van der Waals surface area contributed by atoms with Gasteiger partial charge < -0.3 is 5.73 Å². The van der Waals surface area contributed by atoms with Gasteiger partial charge in [-0.05, 0) is 16.7 Å². The van der Waals surface area contributed by atoms with E-state index in [0.29, 0.717) is 11.0 Å². The van der Waals surface area contributed by atoms with Gasteiger partial charge in [-0.1, -0.05) is 10.7 Å². The van der Waals surface area contributed by atoms with E-state index in [1.807, 2.05) is 0 Å². The van der Waals surface area contributed by atoms with Crippen LogP contribution in [0.3, 0.4) is 0 Å². The van der Waals surface area contributed by atoms with Crippen LogP contribution in [-0.4, -0.2) is 12.2 Å². The summed E-state index contributed by atoms with van der Waals surface area (Å²) in [4.78, 5) is 29.6. The quantitative estimate of drug-likeness (QED) is 0.415. The van der Waals surface area contributed by atoms with Gasteiger partial charge in [0.15, 0.2) is 0 Å². The fraction of sp³-hybridized carbons (Fsp3) is 0. The van der Waals surface area contributed by atoms with Crippen LogP contribution in [0.1, 0.15) is 0 Å². The van der Waals surface area contributed by atoms with Crippen LogP contribution in [0, 0.1) is 0 Å². The lowest BCUT2D eigenvalue weighted by molar-refractivity contribution is -0.172. The summed E-state index contributed by atoms with van der Waals surface area (Å²) < 4.78 is 12.6. The molecule has 16 heavy (non-hydrogen) atoms. The van der Waals surface area contributed by atoms with Crippen LogP contribution in [-0.2, 0) is 14.3 Å². The molecule has 1 atom stereocenters. The third kappa shape index (κ3) is 1.68. The van der Waals surface area contributed by atoms with Crippen molar-refractivity contribution in [3.63, 3.8) is 0 Å². The van der Waals surface area contributed by atoms with Crippen molar-refractivity contribution < 1.29 is 23.9 Å². The molecule has 0 aliphatic carbocycles. The van der Waals surface area contributed by atoms with Crippen molar-refractivity contribution in [1.82, 2.24) is 0 Å². The highest BCUT2D eigenvalue weighted by Gasteiger charge is 2.45. The first-order valence-electron chi connectivity index (χ1n) is 4.15. The first-order chi connectivity index (χ1) is 7.59. The average molecular weight is 241 g/mol. The van der Waals surface area contributed by atoms with Crippen molar-refractivity contribution in [1.29, 1.82) is 0 Å². The highest BCUT2D eigenvalue weighted by molar-refractivity contribution is 7.57. The summed E-state index contributed by atoms with van der Waals surface area (Å²) in [5, 5.41) is 0.503. The number of nitrogens with zero attached hydrogens (tertiary/aromatic N) is 1. The molecule has 0 radical (unpaired) electrons. The third-order valence-corrected chi connectivity index (χ3v) is 3.32. The van der Waals surface area contributed by atoms with Gasteiger partial charge in [0.2, 0.25) is 5.30 Å². The molecule has 0 spiro atoms. The minimum atomic E-state index is -2.06. The topological polar surface area (TPSA) is 98.9 Å². The number of amides is 2. The smallest absolute Gasteiger partial charge is 0.332 e. The second-order valence-electron chi connectivity index (χ2n) is 2.86. The van der Waals surface area contributed by atoms with E-state index in [2.05, 4.69) is 15.5 Å². The Bertz CT molecular complexity index is 489. The van der Waals surface area contributed by atoms with Gasteiger partial charge in [0.25, 0.3) is 0 Å². The first kappa shape index (κ1) is 10.4. The summed E-state index contributed by atoms with van der Waals surface area (Å²) >= 11 is 0. The van der Waals surface area contributed by atoms with Crippen LogP contribution in [0.2, 0.25) is 0 Å². The number of carbonyl (C=O) groups is 2. The maximum Gasteiger partial charge on any atom is 0.512 e. The summed E-state index contributed by atoms with van der Waals surface area (Å²) in [5.41, 5.74) is 5.02. The zero-order valence-electron chi connectivity index (χ0n) is 7.82. The molecule has 1 aliphatic heterocycles. The number of hydrogen-bond acceptors (Lipinski definition) is 5. The molecule has 1 aromatic carbocycles. The van der Waals surface area contributed by atoms with Gasteiger partial charge >= 0.3 is 20.1 Å². The molecular weight excluding hydrogens is 235 g/mol. The Morgan fingerprint density at radius 2 is 2.06 bits per heavy atom. The van der Waals surface area contributed by atoms with E-state index in [0.717, 1.165) is 4.67 Å².